The van der Waals surface area contributed by atoms with E-state index in [1.165, 1.54) is 6.07 Å². The minimum Gasteiger partial charge on any atom is -0.457 e. The summed E-state index contributed by atoms with van der Waals surface area (Å²) in [5, 5.41) is 8.62. The molecule has 1 saturated heterocycles. The monoisotopic (exact) mass is 480 g/mol. The number of amidine groups is 1. The Hall–Kier alpha value is -2.52. The Kier molecular flexibility index (Phi) is 7.74. The largest absolute Gasteiger partial charge is 0.457 e. The average Bonchev–Trinajstić information content (AvgIpc) is 2.73. The summed E-state index contributed by atoms with van der Waals surface area (Å²) in [6.45, 7) is 4.88. The van der Waals surface area contributed by atoms with Crippen molar-refractivity contribution in [3.05, 3.63) is 70.8 Å². The zero-order valence-electron chi connectivity index (χ0n) is 19.0. The summed E-state index contributed by atoms with van der Waals surface area (Å²) in [4.78, 5) is 4.30. The van der Waals surface area contributed by atoms with E-state index in [4.69, 9.17) is 4.74 Å². The first kappa shape index (κ1) is 25.1. The summed E-state index contributed by atoms with van der Waals surface area (Å²) in [6.07, 6.45) is 1.33. The first-order chi connectivity index (χ1) is 15.6. The van der Waals surface area contributed by atoms with Gasteiger partial charge < -0.3 is 9.84 Å². The zero-order valence-corrected chi connectivity index (χ0v) is 19.8. The lowest BCUT2D eigenvalue weighted by atomic mass is 9.97. The predicted molar refractivity (Wildman–Crippen MR) is 123 cm³/mol. The SMILES string of the molecule is CCCc1cc(C(CCO)N=C2NS(=O)(=O)C(Cc3ccccc3)C(C)(C)O2)c(F)cc1F. The minimum absolute atomic E-state index is 0.0105. The molecule has 2 aromatic carbocycles. The summed E-state index contributed by atoms with van der Waals surface area (Å²) in [5.74, 6) is -1.46. The van der Waals surface area contributed by atoms with Crippen molar-refractivity contribution in [1.29, 1.82) is 0 Å². The van der Waals surface area contributed by atoms with E-state index < -0.39 is 38.6 Å². The van der Waals surface area contributed by atoms with Gasteiger partial charge in [0.25, 0.3) is 6.02 Å². The van der Waals surface area contributed by atoms with Crippen LogP contribution >= 0.6 is 0 Å². The molecule has 2 unspecified atom stereocenters. The lowest BCUT2D eigenvalue weighted by Gasteiger charge is -2.39. The molecule has 0 aromatic heterocycles. The predicted octanol–water partition coefficient (Wildman–Crippen LogP) is 4.04. The maximum atomic E-state index is 14.6. The van der Waals surface area contributed by atoms with Crippen LogP contribution in [0, 0.1) is 11.6 Å². The van der Waals surface area contributed by atoms with Crippen LogP contribution in [-0.2, 0) is 27.6 Å². The molecule has 6 nitrogen and oxygen atoms in total. The van der Waals surface area contributed by atoms with Crippen LogP contribution in [0.3, 0.4) is 0 Å². The molecule has 0 aliphatic carbocycles. The third-order valence-electron chi connectivity index (χ3n) is 5.72. The van der Waals surface area contributed by atoms with Crippen molar-refractivity contribution in [3.63, 3.8) is 0 Å². The molecular formula is C24H30F2N2O4S. The summed E-state index contributed by atoms with van der Waals surface area (Å²) < 4.78 is 63.2. The molecule has 2 atom stereocenters. The van der Waals surface area contributed by atoms with Crippen LogP contribution in [0.15, 0.2) is 47.5 Å². The van der Waals surface area contributed by atoms with Crippen molar-refractivity contribution < 1.29 is 27.0 Å². The molecule has 0 bridgehead atoms. The number of aryl methyl sites for hydroxylation is 1. The van der Waals surface area contributed by atoms with E-state index in [1.54, 1.807) is 13.8 Å². The van der Waals surface area contributed by atoms with E-state index in [0.717, 1.165) is 11.6 Å². The third-order valence-corrected chi connectivity index (χ3v) is 7.67. The molecule has 3 rings (SSSR count). The van der Waals surface area contributed by atoms with Gasteiger partial charge in [0, 0.05) is 18.2 Å². The number of hydrogen-bond acceptors (Lipinski definition) is 5. The second-order valence-corrected chi connectivity index (χ2v) is 10.6. The fourth-order valence-electron chi connectivity index (χ4n) is 4.02. The number of hydrogen-bond donors (Lipinski definition) is 2. The summed E-state index contributed by atoms with van der Waals surface area (Å²) >= 11 is 0. The Labute approximate surface area is 193 Å². The van der Waals surface area contributed by atoms with E-state index in [9.17, 15) is 22.3 Å². The molecule has 1 heterocycles. The number of aliphatic hydroxyl groups excluding tert-OH is 1. The standard InChI is InChI=1S/C24H30F2N2O4S/c1-4-8-17-14-18(20(26)15-19(17)25)21(11-12-29)27-23-28-33(30,31)22(24(2,3)32-23)13-16-9-6-5-7-10-16/h5-7,9-10,14-15,21-22,29H,4,8,11-13H2,1-3H3,(H,27,28). The molecule has 1 aliphatic heterocycles. The zero-order chi connectivity index (χ0) is 24.2. The van der Waals surface area contributed by atoms with E-state index in [2.05, 4.69) is 9.71 Å². The van der Waals surface area contributed by atoms with Crippen LogP contribution in [0.5, 0.6) is 0 Å². The number of sulfonamides is 1. The molecule has 2 aromatic rings. The molecule has 180 valence electrons. The normalized spacial score (nSPS) is 21.3. The topological polar surface area (TPSA) is 88.0 Å². The molecule has 9 heteroatoms. The van der Waals surface area contributed by atoms with Gasteiger partial charge in [0.15, 0.2) is 0 Å². The number of aliphatic hydroxyl groups is 1. The van der Waals surface area contributed by atoms with E-state index in [1.807, 2.05) is 37.3 Å². The van der Waals surface area contributed by atoms with Gasteiger partial charge in [-0.3, -0.25) is 0 Å². The van der Waals surface area contributed by atoms with Crippen LogP contribution in [0.1, 0.15) is 56.3 Å². The highest BCUT2D eigenvalue weighted by Crippen LogP contribution is 2.32. The molecule has 1 aliphatic rings. The highest BCUT2D eigenvalue weighted by atomic mass is 32.2. The number of benzene rings is 2. The van der Waals surface area contributed by atoms with Gasteiger partial charge in [0.1, 0.15) is 22.5 Å². The Morgan fingerprint density at radius 2 is 1.88 bits per heavy atom. The Bertz CT molecular complexity index is 1100. The highest BCUT2D eigenvalue weighted by molar-refractivity contribution is 7.90. The van der Waals surface area contributed by atoms with Gasteiger partial charge in [-0.15, -0.1) is 0 Å². The van der Waals surface area contributed by atoms with Crippen LogP contribution in [0.4, 0.5) is 8.78 Å². The van der Waals surface area contributed by atoms with Crippen molar-refractivity contribution in [2.45, 2.75) is 63.3 Å². The molecule has 0 radical (unpaired) electrons. The van der Waals surface area contributed by atoms with Gasteiger partial charge in [-0.1, -0.05) is 43.7 Å². The third kappa shape index (κ3) is 5.89. The lowest BCUT2D eigenvalue weighted by Crippen LogP contribution is -2.59. The first-order valence-corrected chi connectivity index (χ1v) is 12.5. The van der Waals surface area contributed by atoms with Gasteiger partial charge in [0.2, 0.25) is 10.0 Å². The summed E-state index contributed by atoms with van der Waals surface area (Å²) in [7, 11) is -3.88. The van der Waals surface area contributed by atoms with E-state index in [0.29, 0.717) is 18.4 Å². The lowest BCUT2D eigenvalue weighted by molar-refractivity contribution is 0.0759. The summed E-state index contributed by atoms with van der Waals surface area (Å²) in [5.41, 5.74) is 0.135. The number of nitrogens with zero attached hydrogens (tertiary/aromatic N) is 1. The van der Waals surface area contributed by atoms with Crippen LogP contribution in [0.2, 0.25) is 0 Å². The fourth-order valence-corrected chi connectivity index (χ4v) is 5.71. The quantitative estimate of drug-likeness (QED) is 0.597. The van der Waals surface area contributed by atoms with E-state index in [-0.39, 0.29) is 31.0 Å². The molecular weight excluding hydrogens is 450 g/mol. The number of aliphatic imine (C=N–C) groups is 1. The van der Waals surface area contributed by atoms with Crippen LogP contribution < -0.4 is 4.72 Å². The molecule has 0 spiro atoms. The van der Waals surface area contributed by atoms with Gasteiger partial charge >= 0.3 is 0 Å². The maximum absolute atomic E-state index is 14.6. The minimum atomic E-state index is -3.88. The highest BCUT2D eigenvalue weighted by Gasteiger charge is 2.47. The van der Waals surface area contributed by atoms with Crippen molar-refractivity contribution in [2.75, 3.05) is 6.61 Å². The number of nitrogens with one attached hydrogen (secondary N) is 1. The summed E-state index contributed by atoms with van der Waals surface area (Å²) in [6, 6.07) is 10.2. The molecule has 2 N–H and O–H groups in total. The molecule has 0 saturated carbocycles. The molecule has 33 heavy (non-hydrogen) atoms. The molecule has 1 fully saturated rings. The van der Waals surface area contributed by atoms with Gasteiger partial charge in [-0.2, -0.15) is 0 Å². The average molecular weight is 481 g/mol. The number of ether oxygens (including phenoxy) is 1. The van der Waals surface area contributed by atoms with Crippen LogP contribution in [0.25, 0.3) is 0 Å². The number of rotatable bonds is 8. The van der Waals surface area contributed by atoms with Crippen LogP contribution in [-0.4, -0.2) is 37.0 Å². The maximum Gasteiger partial charge on any atom is 0.299 e. The van der Waals surface area contributed by atoms with Crippen molar-refractivity contribution in [3.8, 4) is 0 Å². The van der Waals surface area contributed by atoms with Gasteiger partial charge in [-0.05, 0) is 50.3 Å². The number of halogens is 2. The van der Waals surface area contributed by atoms with Gasteiger partial charge in [0.05, 0.1) is 6.04 Å². The van der Waals surface area contributed by atoms with Crippen molar-refractivity contribution in [2.24, 2.45) is 4.99 Å². The second-order valence-electron chi connectivity index (χ2n) is 8.71. The second kappa shape index (κ2) is 10.2. The Morgan fingerprint density at radius 1 is 1.18 bits per heavy atom. The fraction of sp³-hybridized carbons (Fsp3) is 0.458. The van der Waals surface area contributed by atoms with Crippen molar-refractivity contribution >= 4 is 16.0 Å². The Balaban J connectivity index is 1.94. The van der Waals surface area contributed by atoms with Gasteiger partial charge in [-0.25, -0.2) is 26.9 Å². The smallest absolute Gasteiger partial charge is 0.299 e. The Morgan fingerprint density at radius 3 is 2.48 bits per heavy atom. The molecule has 0 amide bonds. The van der Waals surface area contributed by atoms with E-state index >= 15 is 0 Å². The van der Waals surface area contributed by atoms with Crippen molar-refractivity contribution in [1.82, 2.24) is 4.72 Å². The first-order valence-electron chi connectivity index (χ1n) is 11.0.